The van der Waals surface area contributed by atoms with Gasteiger partial charge in [-0.25, -0.2) is 4.79 Å². The number of likely N-dealkylation sites (tertiary alicyclic amines) is 1. The lowest BCUT2D eigenvalue weighted by molar-refractivity contribution is -0.145. The van der Waals surface area contributed by atoms with Gasteiger partial charge in [-0.2, -0.15) is 0 Å². The Morgan fingerprint density at radius 3 is 2.16 bits per heavy atom. The Morgan fingerprint density at radius 2 is 1.59 bits per heavy atom. The fraction of sp³-hybridized carbons (Fsp3) is 0.667. The standard InChI is InChI=1S/C39H52N4O6/c1-5-9-29(33(44)35(46)40-12-6-2)41-34(45)32-30-28(38(30,3)4)21-43(32)36(47)31(27-16-25-10-7-8-11-26(25)17-27)42-37(48)49-39-18-22-13-23(19-39)15-24(14-22)20-39/h6-8,10-11,22-24,27-32H,2,5,9,12-21H2,1,3-4H3,(H,40,46)(H,41,45)(H,42,48). The molecule has 1 heterocycles. The fourth-order valence-electron chi connectivity index (χ4n) is 10.9. The molecule has 4 bridgehead atoms. The van der Waals surface area contributed by atoms with Crippen molar-refractivity contribution in [2.24, 2.45) is 40.9 Å². The molecule has 5 saturated carbocycles. The molecule has 10 heteroatoms. The second-order valence-corrected chi connectivity index (χ2v) is 16.7. The summed E-state index contributed by atoms with van der Waals surface area (Å²) < 4.78 is 6.34. The number of nitrogens with one attached hydrogen (secondary N) is 3. The van der Waals surface area contributed by atoms with Crippen molar-refractivity contribution in [2.45, 2.75) is 109 Å². The van der Waals surface area contributed by atoms with Gasteiger partial charge in [0.15, 0.2) is 0 Å². The van der Waals surface area contributed by atoms with Gasteiger partial charge in [-0.05, 0) is 110 Å². The molecule has 6 fully saturated rings. The number of nitrogens with zero attached hydrogens (tertiary/aromatic N) is 1. The molecule has 7 aliphatic rings. The van der Waals surface area contributed by atoms with Crippen LogP contribution in [0.25, 0.3) is 0 Å². The number of fused-ring (bicyclic) bond motifs is 2. The summed E-state index contributed by atoms with van der Waals surface area (Å²) in [5.41, 5.74) is 1.72. The molecule has 0 radical (unpaired) electrons. The number of alkyl carbamates (subject to hydrolysis) is 1. The molecular weight excluding hydrogens is 620 g/mol. The van der Waals surface area contributed by atoms with E-state index in [1.807, 2.05) is 19.1 Å². The molecule has 49 heavy (non-hydrogen) atoms. The van der Waals surface area contributed by atoms with E-state index in [-0.39, 0.29) is 35.6 Å². The molecule has 3 N–H and O–H groups in total. The summed E-state index contributed by atoms with van der Waals surface area (Å²) in [4.78, 5) is 70.1. The number of hydrogen-bond acceptors (Lipinski definition) is 6. The Hall–Kier alpha value is -3.69. The van der Waals surface area contributed by atoms with Crippen LogP contribution in [0.3, 0.4) is 0 Å². The fourth-order valence-corrected chi connectivity index (χ4v) is 10.9. The maximum atomic E-state index is 14.8. The van der Waals surface area contributed by atoms with E-state index in [1.165, 1.54) is 25.3 Å². The zero-order valence-corrected chi connectivity index (χ0v) is 29.2. The smallest absolute Gasteiger partial charge is 0.408 e. The van der Waals surface area contributed by atoms with Gasteiger partial charge < -0.3 is 25.6 Å². The van der Waals surface area contributed by atoms with Gasteiger partial charge in [0, 0.05) is 13.1 Å². The van der Waals surface area contributed by atoms with Crippen LogP contribution in [0.2, 0.25) is 0 Å². The quantitative estimate of drug-likeness (QED) is 0.226. The number of carbonyl (C=O) groups is 5. The molecule has 5 atom stereocenters. The molecule has 0 aromatic heterocycles. The van der Waals surface area contributed by atoms with Crippen molar-refractivity contribution in [3.8, 4) is 0 Å². The Bertz CT molecular complexity index is 1480. The zero-order valence-electron chi connectivity index (χ0n) is 29.2. The third-order valence-electron chi connectivity index (χ3n) is 13.0. The summed E-state index contributed by atoms with van der Waals surface area (Å²) in [6.45, 7) is 10.2. The molecule has 10 nitrogen and oxygen atoms in total. The van der Waals surface area contributed by atoms with E-state index >= 15 is 0 Å². The first-order valence-electron chi connectivity index (χ1n) is 18.5. The van der Waals surface area contributed by atoms with E-state index in [2.05, 4.69) is 48.5 Å². The molecule has 8 rings (SSSR count). The van der Waals surface area contributed by atoms with Crippen molar-refractivity contribution < 1.29 is 28.7 Å². The first kappa shape index (κ1) is 33.8. The third-order valence-corrected chi connectivity index (χ3v) is 13.0. The lowest BCUT2D eigenvalue weighted by Gasteiger charge is -2.55. The highest BCUT2D eigenvalue weighted by atomic mass is 16.6. The number of rotatable bonds is 12. The molecule has 5 unspecified atom stereocenters. The number of benzene rings is 1. The topological polar surface area (TPSA) is 134 Å². The van der Waals surface area contributed by atoms with Gasteiger partial charge in [-0.15, -0.1) is 6.58 Å². The minimum Gasteiger partial charge on any atom is -0.443 e. The molecule has 0 spiro atoms. The number of amides is 4. The van der Waals surface area contributed by atoms with Crippen LogP contribution in [-0.4, -0.2) is 71.3 Å². The van der Waals surface area contributed by atoms with Crippen LogP contribution in [0.15, 0.2) is 36.9 Å². The SMILES string of the molecule is C=CCNC(=O)C(=O)C(CCC)NC(=O)C1C2C(CN1C(=O)C(NC(=O)OC13CC4CC(CC(C4)C1)C3)C1Cc3ccccc3C1)C2(C)C. The van der Waals surface area contributed by atoms with Crippen LogP contribution >= 0.6 is 0 Å². The van der Waals surface area contributed by atoms with Gasteiger partial charge >= 0.3 is 6.09 Å². The van der Waals surface area contributed by atoms with Crippen LogP contribution in [0.5, 0.6) is 0 Å². The number of ketones is 1. The molecular formula is C39H52N4O6. The molecule has 4 amide bonds. The predicted molar refractivity (Wildman–Crippen MR) is 183 cm³/mol. The largest absolute Gasteiger partial charge is 0.443 e. The number of carbonyl (C=O) groups excluding carboxylic acids is 5. The molecule has 264 valence electrons. The number of hydrogen-bond donors (Lipinski definition) is 3. The molecule has 1 aromatic rings. The van der Waals surface area contributed by atoms with Crippen molar-refractivity contribution in [3.63, 3.8) is 0 Å². The van der Waals surface area contributed by atoms with Crippen molar-refractivity contribution in [1.82, 2.24) is 20.9 Å². The third kappa shape index (κ3) is 6.29. The minimum absolute atomic E-state index is 0.0937. The van der Waals surface area contributed by atoms with Crippen molar-refractivity contribution in [1.29, 1.82) is 0 Å². The van der Waals surface area contributed by atoms with E-state index in [1.54, 1.807) is 4.90 Å². The van der Waals surface area contributed by atoms with Crippen LogP contribution in [0, 0.1) is 40.9 Å². The highest BCUT2D eigenvalue weighted by Gasteiger charge is 2.70. The van der Waals surface area contributed by atoms with Crippen molar-refractivity contribution in [3.05, 3.63) is 48.0 Å². The average Bonchev–Trinajstić information content (AvgIpc) is 3.41. The summed E-state index contributed by atoms with van der Waals surface area (Å²) in [7, 11) is 0. The monoisotopic (exact) mass is 672 g/mol. The van der Waals surface area contributed by atoms with Crippen LogP contribution in [-0.2, 0) is 36.8 Å². The molecule has 1 aromatic carbocycles. The second-order valence-electron chi connectivity index (χ2n) is 16.7. The van der Waals surface area contributed by atoms with Crippen LogP contribution in [0.4, 0.5) is 4.79 Å². The summed E-state index contributed by atoms with van der Waals surface area (Å²) in [5.74, 6) is -0.549. The Labute approximate surface area is 289 Å². The summed E-state index contributed by atoms with van der Waals surface area (Å²) in [6.07, 6.45) is 9.49. The molecule has 1 aliphatic heterocycles. The first-order chi connectivity index (χ1) is 23.4. The summed E-state index contributed by atoms with van der Waals surface area (Å²) in [6, 6.07) is 5.44. The van der Waals surface area contributed by atoms with E-state index < -0.39 is 47.4 Å². The minimum atomic E-state index is -1.01. The lowest BCUT2D eigenvalue weighted by Crippen LogP contribution is -2.60. The van der Waals surface area contributed by atoms with E-state index in [9.17, 15) is 24.0 Å². The average molecular weight is 673 g/mol. The Balaban J connectivity index is 1.12. The summed E-state index contributed by atoms with van der Waals surface area (Å²) in [5, 5.41) is 8.45. The highest BCUT2D eigenvalue weighted by Crippen LogP contribution is 2.65. The van der Waals surface area contributed by atoms with Gasteiger partial charge in [0.05, 0.1) is 6.04 Å². The van der Waals surface area contributed by atoms with Crippen molar-refractivity contribution in [2.75, 3.05) is 13.1 Å². The van der Waals surface area contributed by atoms with Crippen molar-refractivity contribution >= 4 is 29.6 Å². The second kappa shape index (κ2) is 12.9. The Kier molecular flexibility index (Phi) is 8.89. The van der Waals surface area contributed by atoms with E-state index in [4.69, 9.17) is 4.74 Å². The van der Waals surface area contributed by atoms with Gasteiger partial charge in [-0.3, -0.25) is 19.2 Å². The molecule has 1 saturated heterocycles. The van der Waals surface area contributed by atoms with E-state index in [0.717, 1.165) is 30.4 Å². The van der Waals surface area contributed by atoms with Crippen LogP contribution in [0.1, 0.15) is 83.3 Å². The highest BCUT2D eigenvalue weighted by molar-refractivity contribution is 6.38. The number of Topliss-reactive ketones (excluding diaryl/α,β-unsaturated/α-hetero) is 1. The molecule has 6 aliphatic carbocycles. The number of ether oxygens (including phenoxy) is 1. The van der Waals surface area contributed by atoms with Gasteiger partial charge in [0.1, 0.15) is 17.7 Å². The number of piperidine rings is 1. The lowest BCUT2D eigenvalue weighted by atomic mass is 9.54. The first-order valence-corrected chi connectivity index (χ1v) is 18.5. The normalized spacial score (nSPS) is 32.8. The zero-order chi connectivity index (χ0) is 34.7. The maximum absolute atomic E-state index is 14.8. The Morgan fingerprint density at radius 1 is 0.980 bits per heavy atom. The van der Waals surface area contributed by atoms with Gasteiger partial charge in [0.25, 0.3) is 5.91 Å². The maximum Gasteiger partial charge on any atom is 0.408 e. The van der Waals surface area contributed by atoms with Crippen LogP contribution < -0.4 is 16.0 Å². The van der Waals surface area contributed by atoms with Gasteiger partial charge in [-0.1, -0.05) is 57.5 Å². The van der Waals surface area contributed by atoms with Gasteiger partial charge in [0.2, 0.25) is 17.6 Å². The summed E-state index contributed by atoms with van der Waals surface area (Å²) >= 11 is 0. The van der Waals surface area contributed by atoms with E-state index in [0.29, 0.717) is 50.0 Å². The predicted octanol–water partition coefficient (Wildman–Crippen LogP) is 4.10.